The SMILES string of the molecule is Cc1cccc(C(=O)Nc2ccc(Cl)nc2)c1C(=O)O. The number of carboxylic acid groups (broad SMARTS) is 1. The van der Waals surface area contributed by atoms with Gasteiger partial charge in [0.05, 0.1) is 23.0 Å². The van der Waals surface area contributed by atoms with Crippen LogP contribution >= 0.6 is 11.6 Å². The monoisotopic (exact) mass is 290 g/mol. The molecule has 0 saturated carbocycles. The van der Waals surface area contributed by atoms with Crippen LogP contribution in [0, 0.1) is 6.92 Å². The lowest BCUT2D eigenvalue weighted by Gasteiger charge is -2.09. The zero-order valence-electron chi connectivity index (χ0n) is 10.6. The Bertz CT molecular complexity index is 669. The van der Waals surface area contributed by atoms with Gasteiger partial charge in [-0.2, -0.15) is 0 Å². The zero-order chi connectivity index (χ0) is 14.7. The van der Waals surface area contributed by atoms with Crippen molar-refractivity contribution in [3.8, 4) is 0 Å². The van der Waals surface area contributed by atoms with Crippen LogP contribution in [0.4, 0.5) is 5.69 Å². The van der Waals surface area contributed by atoms with Crippen LogP contribution in [0.25, 0.3) is 0 Å². The number of aromatic carboxylic acids is 1. The summed E-state index contributed by atoms with van der Waals surface area (Å²) in [6, 6.07) is 7.87. The number of benzene rings is 1. The molecule has 6 heteroatoms. The summed E-state index contributed by atoms with van der Waals surface area (Å²) in [7, 11) is 0. The summed E-state index contributed by atoms with van der Waals surface area (Å²) in [6.07, 6.45) is 1.40. The maximum atomic E-state index is 12.1. The van der Waals surface area contributed by atoms with Crippen LogP contribution in [-0.2, 0) is 0 Å². The fraction of sp³-hybridized carbons (Fsp3) is 0.0714. The van der Waals surface area contributed by atoms with Gasteiger partial charge in [-0.3, -0.25) is 4.79 Å². The highest BCUT2D eigenvalue weighted by atomic mass is 35.5. The van der Waals surface area contributed by atoms with Gasteiger partial charge in [-0.05, 0) is 30.7 Å². The van der Waals surface area contributed by atoms with Crippen molar-refractivity contribution in [3.63, 3.8) is 0 Å². The minimum absolute atomic E-state index is 0.00748. The molecule has 0 aliphatic carbocycles. The summed E-state index contributed by atoms with van der Waals surface area (Å²) in [5, 5.41) is 12.1. The molecule has 0 saturated heterocycles. The smallest absolute Gasteiger partial charge is 0.336 e. The van der Waals surface area contributed by atoms with Crippen molar-refractivity contribution in [2.24, 2.45) is 0 Å². The van der Waals surface area contributed by atoms with Crippen molar-refractivity contribution in [1.82, 2.24) is 4.98 Å². The number of carbonyl (C=O) groups is 2. The number of hydrogen-bond acceptors (Lipinski definition) is 3. The largest absolute Gasteiger partial charge is 0.478 e. The summed E-state index contributed by atoms with van der Waals surface area (Å²) >= 11 is 5.65. The molecule has 1 heterocycles. The molecule has 102 valence electrons. The van der Waals surface area contributed by atoms with Crippen LogP contribution in [0.5, 0.6) is 0 Å². The number of carbonyl (C=O) groups excluding carboxylic acids is 1. The Morgan fingerprint density at radius 2 is 2.00 bits per heavy atom. The molecule has 5 nitrogen and oxygen atoms in total. The van der Waals surface area contributed by atoms with E-state index in [1.807, 2.05) is 0 Å². The number of pyridine rings is 1. The lowest BCUT2D eigenvalue weighted by atomic mass is 10.0. The van der Waals surface area contributed by atoms with Crippen LogP contribution in [-0.4, -0.2) is 22.0 Å². The van der Waals surface area contributed by atoms with Crippen molar-refractivity contribution in [2.45, 2.75) is 6.92 Å². The number of aryl methyl sites for hydroxylation is 1. The summed E-state index contributed by atoms with van der Waals surface area (Å²) in [6.45, 7) is 1.64. The molecule has 2 N–H and O–H groups in total. The minimum atomic E-state index is -1.14. The standard InChI is InChI=1S/C14H11ClN2O3/c1-8-3-2-4-10(12(8)14(19)20)13(18)17-9-5-6-11(15)16-7-9/h2-7H,1H3,(H,17,18)(H,19,20). The molecule has 2 aromatic rings. The van der Waals surface area contributed by atoms with Gasteiger partial charge in [0.2, 0.25) is 0 Å². The van der Waals surface area contributed by atoms with Gasteiger partial charge in [-0.25, -0.2) is 9.78 Å². The van der Waals surface area contributed by atoms with Crippen molar-refractivity contribution in [2.75, 3.05) is 5.32 Å². The highest BCUT2D eigenvalue weighted by molar-refractivity contribution is 6.29. The van der Waals surface area contributed by atoms with Gasteiger partial charge < -0.3 is 10.4 Å². The van der Waals surface area contributed by atoms with Crippen molar-refractivity contribution in [1.29, 1.82) is 0 Å². The number of nitrogens with zero attached hydrogens (tertiary/aromatic N) is 1. The Morgan fingerprint density at radius 3 is 2.60 bits per heavy atom. The van der Waals surface area contributed by atoms with E-state index >= 15 is 0 Å². The molecule has 0 radical (unpaired) electrons. The molecular formula is C14H11ClN2O3. The quantitative estimate of drug-likeness (QED) is 0.852. The lowest BCUT2D eigenvalue weighted by molar-refractivity contribution is 0.0691. The highest BCUT2D eigenvalue weighted by Crippen LogP contribution is 2.17. The first-order chi connectivity index (χ1) is 9.49. The van der Waals surface area contributed by atoms with Crippen molar-refractivity contribution >= 4 is 29.2 Å². The summed E-state index contributed by atoms with van der Waals surface area (Å²) < 4.78 is 0. The Morgan fingerprint density at radius 1 is 1.25 bits per heavy atom. The number of carboxylic acids is 1. The van der Waals surface area contributed by atoms with Gasteiger partial charge in [-0.1, -0.05) is 23.7 Å². The van der Waals surface area contributed by atoms with E-state index in [4.69, 9.17) is 11.6 Å². The molecule has 1 aromatic carbocycles. The predicted molar refractivity (Wildman–Crippen MR) is 75.3 cm³/mol. The summed E-state index contributed by atoms with van der Waals surface area (Å²) in [5.41, 5.74) is 1.07. The van der Waals surface area contributed by atoms with E-state index in [1.54, 1.807) is 25.1 Å². The van der Waals surface area contributed by atoms with Crippen LogP contribution in [0.15, 0.2) is 36.5 Å². The molecule has 0 aliphatic heterocycles. The van der Waals surface area contributed by atoms with E-state index in [9.17, 15) is 14.7 Å². The maximum Gasteiger partial charge on any atom is 0.336 e. The zero-order valence-corrected chi connectivity index (χ0v) is 11.3. The van der Waals surface area contributed by atoms with E-state index in [1.165, 1.54) is 18.3 Å². The van der Waals surface area contributed by atoms with Gasteiger partial charge in [-0.15, -0.1) is 0 Å². The molecule has 0 aliphatic rings. The van der Waals surface area contributed by atoms with Gasteiger partial charge in [0.25, 0.3) is 5.91 Å². The summed E-state index contributed by atoms with van der Waals surface area (Å²) in [4.78, 5) is 27.2. The maximum absolute atomic E-state index is 12.1. The van der Waals surface area contributed by atoms with Gasteiger partial charge >= 0.3 is 5.97 Å². The number of amides is 1. The van der Waals surface area contributed by atoms with Crippen LogP contribution < -0.4 is 5.32 Å². The number of nitrogens with one attached hydrogen (secondary N) is 1. The third-order valence-corrected chi connectivity index (χ3v) is 2.94. The predicted octanol–water partition coefficient (Wildman–Crippen LogP) is 2.99. The second kappa shape index (κ2) is 5.71. The third kappa shape index (κ3) is 2.95. The topological polar surface area (TPSA) is 79.3 Å². The number of anilines is 1. The minimum Gasteiger partial charge on any atom is -0.478 e. The van der Waals surface area contributed by atoms with Crippen LogP contribution in [0.2, 0.25) is 5.15 Å². The molecule has 0 bridgehead atoms. The first-order valence-corrected chi connectivity index (χ1v) is 6.12. The second-order valence-corrected chi connectivity index (χ2v) is 4.51. The van der Waals surface area contributed by atoms with Crippen molar-refractivity contribution in [3.05, 3.63) is 58.4 Å². The molecule has 2 rings (SSSR count). The van der Waals surface area contributed by atoms with Gasteiger partial charge in [0, 0.05) is 0 Å². The van der Waals surface area contributed by atoms with E-state index in [0.29, 0.717) is 16.4 Å². The fourth-order valence-corrected chi connectivity index (χ4v) is 1.90. The number of aromatic nitrogens is 1. The van der Waals surface area contributed by atoms with E-state index in [0.717, 1.165) is 0 Å². The molecule has 0 unspecified atom stereocenters. The van der Waals surface area contributed by atoms with E-state index < -0.39 is 11.9 Å². The Kier molecular flexibility index (Phi) is 4.00. The van der Waals surface area contributed by atoms with Crippen LogP contribution in [0.3, 0.4) is 0 Å². The molecule has 0 spiro atoms. The average Bonchev–Trinajstić information content (AvgIpc) is 2.40. The number of halogens is 1. The van der Waals surface area contributed by atoms with E-state index in [-0.39, 0.29) is 11.1 Å². The molecule has 0 atom stereocenters. The van der Waals surface area contributed by atoms with Crippen LogP contribution in [0.1, 0.15) is 26.3 Å². The fourth-order valence-electron chi connectivity index (χ4n) is 1.79. The molecule has 1 amide bonds. The molecular weight excluding hydrogens is 280 g/mol. The second-order valence-electron chi connectivity index (χ2n) is 4.13. The molecule has 1 aromatic heterocycles. The number of rotatable bonds is 3. The average molecular weight is 291 g/mol. The first-order valence-electron chi connectivity index (χ1n) is 5.75. The van der Waals surface area contributed by atoms with E-state index in [2.05, 4.69) is 10.3 Å². The summed E-state index contributed by atoms with van der Waals surface area (Å²) in [5.74, 6) is -1.64. The normalized spacial score (nSPS) is 10.1. The third-order valence-electron chi connectivity index (χ3n) is 2.72. The number of hydrogen-bond donors (Lipinski definition) is 2. The lowest BCUT2D eigenvalue weighted by Crippen LogP contribution is -2.17. The van der Waals surface area contributed by atoms with Gasteiger partial charge in [0.1, 0.15) is 5.15 Å². The van der Waals surface area contributed by atoms with Gasteiger partial charge in [0.15, 0.2) is 0 Å². The molecule has 20 heavy (non-hydrogen) atoms. The highest BCUT2D eigenvalue weighted by Gasteiger charge is 2.18. The Hall–Kier alpha value is -2.40. The Labute approximate surface area is 120 Å². The first kappa shape index (κ1) is 14.0. The van der Waals surface area contributed by atoms with Crippen molar-refractivity contribution < 1.29 is 14.7 Å². The molecule has 0 fully saturated rings. The Balaban J connectivity index is 2.32.